The Morgan fingerprint density at radius 2 is 1.94 bits per heavy atom. The van der Waals surface area contributed by atoms with Gasteiger partial charge in [-0.25, -0.2) is 0 Å². The number of rotatable bonds is 9. The third-order valence-electron chi connectivity index (χ3n) is 3.49. The van der Waals surface area contributed by atoms with Crippen molar-refractivity contribution in [2.45, 2.75) is 57.7 Å². The van der Waals surface area contributed by atoms with Crippen LogP contribution in [0, 0.1) is 5.92 Å². The van der Waals surface area contributed by atoms with Crippen molar-refractivity contribution in [3.8, 4) is 0 Å². The van der Waals surface area contributed by atoms with Gasteiger partial charge in [0.15, 0.2) is 0 Å². The molecule has 102 valence electrons. The van der Waals surface area contributed by atoms with Crippen molar-refractivity contribution in [3.05, 3.63) is 0 Å². The molecular formula is C13H28N2OS. The molecule has 0 spiro atoms. The minimum atomic E-state index is -0.547. The molecule has 0 heterocycles. The smallest absolute Gasteiger partial charge is 0.237 e. The van der Waals surface area contributed by atoms with Crippen molar-refractivity contribution in [1.29, 1.82) is 0 Å². The van der Waals surface area contributed by atoms with Gasteiger partial charge in [-0.15, -0.1) is 0 Å². The predicted molar refractivity (Wildman–Crippen MR) is 77.3 cm³/mol. The Hall–Kier alpha value is -0.220. The largest absolute Gasteiger partial charge is 0.368 e. The molecule has 0 radical (unpaired) electrons. The van der Waals surface area contributed by atoms with Crippen LogP contribution in [0.3, 0.4) is 0 Å². The zero-order valence-corrected chi connectivity index (χ0v) is 12.7. The maximum atomic E-state index is 11.3. The molecule has 1 amide bonds. The number of hydrogen-bond acceptors (Lipinski definition) is 3. The number of nitrogens with one attached hydrogen (secondary N) is 1. The first-order chi connectivity index (χ1) is 7.83. The number of hydrogen-bond donors (Lipinski definition) is 2. The third-order valence-corrected chi connectivity index (χ3v) is 5.08. The summed E-state index contributed by atoms with van der Waals surface area (Å²) in [6.45, 7) is 8.65. The molecule has 0 aromatic rings. The Morgan fingerprint density at radius 1 is 1.35 bits per heavy atom. The zero-order chi connectivity index (χ0) is 13.5. The summed E-state index contributed by atoms with van der Waals surface area (Å²) in [4.78, 5) is 11.3. The van der Waals surface area contributed by atoms with E-state index in [4.69, 9.17) is 5.73 Å². The fraction of sp³-hybridized carbons (Fsp3) is 0.923. The fourth-order valence-corrected chi connectivity index (χ4v) is 2.54. The highest BCUT2D eigenvalue weighted by Gasteiger charge is 2.27. The van der Waals surface area contributed by atoms with E-state index in [0.717, 1.165) is 30.9 Å². The van der Waals surface area contributed by atoms with Gasteiger partial charge >= 0.3 is 0 Å². The quantitative estimate of drug-likeness (QED) is 0.626. The Kier molecular flexibility index (Phi) is 7.88. The summed E-state index contributed by atoms with van der Waals surface area (Å²) < 4.78 is 0. The summed E-state index contributed by atoms with van der Waals surface area (Å²) in [5.74, 6) is 1.63. The molecule has 0 aliphatic rings. The Bertz CT molecular complexity index is 233. The number of primary amides is 1. The van der Waals surface area contributed by atoms with Crippen LogP contribution < -0.4 is 11.1 Å². The monoisotopic (exact) mass is 260 g/mol. The van der Waals surface area contributed by atoms with Gasteiger partial charge in [0.2, 0.25) is 5.91 Å². The summed E-state index contributed by atoms with van der Waals surface area (Å²) in [5, 5.41) is 3.72. The van der Waals surface area contributed by atoms with Crippen LogP contribution in [0.25, 0.3) is 0 Å². The van der Waals surface area contributed by atoms with Gasteiger partial charge in [0.05, 0.1) is 5.54 Å². The number of nitrogens with two attached hydrogens (primary N) is 1. The lowest BCUT2D eigenvalue weighted by molar-refractivity contribution is -0.123. The van der Waals surface area contributed by atoms with Crippen LogP contribution >= 0.6 is 11.8 Å². The number of carbonyl (C=O) groups excluding carboxylic acids is 1. The van der Waals surface area contributed by atoms with Gasteiger partial charge in [0.25, 0.3) is 0 Å². The van der Waals surface area contributed by atoms with Crippen LogP contribution in [-0.2, 0) is 4.79 Å². The minimum Gasteiger partial charge on any atom is -0.368 e. The van der Waals surface area contributed by atoms with Crippen LogP contribution in [-0.4, -0.2) is 29.5 Å². The first-order valence-electron chi connectivity index (χ1n) is 6.44. The molecule has 2 unspecified atom stereocenters. The molecule has 0 bridgehead atoms. The van der Waals surface area contributed by atoms with Gasteiger partial charge in [-0.3, -0.25) is 4.79 Å². The Morgan fingerprint density at radius 3 is 2.35 bits per heavy atom. The Balaban J connectivity index is 3.74. The average molecular weight is 260 g/mol. The molecule has 2 atom stereocenters. The molecule has 0 fully saturated rings. The van der Waals surface area contributed by atoms with E-state index in [-0.39, 0.29) is 5.91 Å². The highest BCUT2D eigenvalue weighted by Crippen LogP contribution is 2.21. The van der Waals surface area contributed by atoms with Crippen LogP contribution in [0.1, 0.15) is 47.0 Å². The van der Waals surface area contributed by atoms with Crippen LogP contribution in [0.2, 0.25) is 0 Å². The second-order valence-electron chi connectivity index (χ2n) is 5.22. The van der Waals surface area contributed by atoms with Crippen molar-refractivity contribution in [1.82, 2.24) is 5.32 Å². The first kappa shape index (κ1) is 16.8. The van der Waals surface area contributed by atoms with E-state index < -0.39 is 5.54 Å². The van der Waals surface area contributed by atoms with E-state index in [1.165, 1.54) is 0 Å². The molecular weight excluding hydrogens is 232 g/mol. The summed E-state index contributed by atoms with van der Waals surface area (Å²) >= 11 is 2.01. The topological polar surface area (TPSA) is 55.1 Å². The van der Waals surface area contributed by atoms with Crippen molar-refractivity contribution in [2.24, 2.45) is 11.7 Å². The van der Waals surface area contributed by atoms with Crippen molar-refractivity contribution < 1.29 is 4.79 Å². The maximum Gasteiger partial charge on any atom is 0.237 e. The molecule has 3 N–H and O–H groups in total. The fourth-order valence-electron chi connectivity index (χ4n) is 1.41. The molecule has 17 heavy (non-hydrogen) atoms. The number of unbranched alkanes of at least 4 members (excludes halogenated alkanes) is 1. The first-order valence-corrected chi connectivity index (χ1v) is 7.48. The van der Waals surface area contributed by atoms with Crippen LogP contribution in [0.5, 0.6) is 0 Å². The standard InChI is InChI=1S/C13H28N2OS/c1-10(2)11(3)17-9-7-6-8-13(4,15-5)12(14)16/h10-11,15H,6-9H2,1-5H3,(H2,14,16). The lowest BCUT2D eigenvalue weighted by atomic mass is 9.94. The summed E-state index contributed by atoms with van der Waals surface area (Å²) in [5.41, 5.74) is 4.83. The number of amides is 1. The maximum absolute atomic E-state index is 11.3. The molecule has 0 saturated heterocycles. The number of likely N-dealkylation sites (N-methyl/N-ethyl adjacent to an activating group) is 1. The molecule has 0 aromatic heterocycles. The summed E-state index contributed by atoms with van der Waals surface area (Å²) in [7, 11) is 1.79. The number of carbonyl (C=O) groups is 1. The van der Waals surface area contributed by atoms with Gasteiger partial charge in [-0.2, -0.15) is 11.8 Å². The van der Waals surface area contributed by atoms with E-state index in [0.29, 0.717) is 5.25 Å². The Labute approximate surface area is 110 Å². The normalized spacial score (nSPS) is 16.8. The zero-order valence-electron chi connectivity index (χ0n) is 11.9. The van der Waals surface area contributed by atoms with Crippen LogP contribution in [0.4, 0.5) is 0 Å². The number of thioether (sulfide) groups is 1. The van der Waals surface area contributed by atoms with Gasteiger partial charge in [0, 0.05) is 5.25 Å². The highest BCUT2D eigenvalue weighted by molar-refractivity contribution is 7.99. The molecule has 0 aliphatic carbocycles. The van der Waals surface area contributed by atoms with Crippen molar-refractivity contribution in [2.75, 3.05) is 12.8 Å². The lowest BCUT2D eigenvalue weighted by Gasteiger charge is -2.25. The van der Waals surface area contributed by atoms with E-state index in [1.807, 2.05) is 18.7 Å². The van der Waals surface area contributed by atoms with Gasteiger partial charge in [0.1, 0.15) is 0 Å². The minimum absolute atomic E-state index is 0.261. The molecule has 3 nitrogen and oxygen atoms in total. The van der Waals surface area contributed by atoms with E-state index in [2.05, 4.69) is 26.1 Å². The lowest BCUT2D eigenvalue weighted by Crippen LogP contribution is -2.51. The molecule has 0 aliphatic heterocycles. The second-order valence-corrected chi connectivity index (χ2v) is 6.71. The van der Waals surface area contributed by atoms with E-state index in [1.54, 1.807) is 7.05 Å². The van der Waals surface area contributed by atoms with E-state index in [9.17, 15) is 4.79 Å². The molecule has 0 rings (SSSR count). The molecule has 4 heteroatoms. The average Bonchev–Trinajstić information content (AvgIpc) is 2.27. The van der Waals surface area contributed by atoms with Gasteiger partial charge in [-0.1, -0.05) is 27.2 Å². The van der Waals surface area contributed by atoms with Crippen molar-refractivity contribution in [3.63, 3.8) is 0 Å². The summed E-state index contributed by atoms with van der Waals surface area (Å²) in [6.07, 6.45) is 3.00. The molecule has 0 saturated carbocycles. The van der Waals surface area contributed by atoms with Crippen molar-refractivity contribution >= 4 is 17.7 Å². The summed E-state index contributed by atoms with van der Waals surface area (Å²) in [6, 6.07) is 0. The SMILES string of the molecule is CNC(C)(CCCCSC(C)C(C)C)C(N)=O. The van der Waals surface area contributed by atoms with Gasteiger partial charge < -0.3 is 11.1 Å². The second kappa shape index (κ2) is 7.98. The third kappa shape index (κ3) is 6.32. The van der Waals surface area contributed by atoms with Gasteiger partial charge in [-0.05, 0) is 38.5 Å². The molecule has 0 aromatic carbocycles. The highest BCUT2D eigenvalue weighted by atomic mass is 32.2. The predicted octanol–water partition coefficient (Wildman–Crippen LogP) is 2.40. The van der Waals surface area contributed by atoms with Crippen LogP contribution in [0.15, 0.2) is 0 Å². The van der Waals surface area contributed by atoms with E-state index >= 15 is 0 Å².